The molecule has 2 aliphatic rings. The molecule has 0 N–H and O–H groups in total. The van der Waals surface area contributed by atoms with Gasteiger partial charge in [-0.15, -0.1) is 0 Å². The zero-order valence-electron chi connectivity index (χ0n) is 15.2. The molecule has 2 saturated heterocycles. The molecular weight excluding hydrogens is 298 g/mol. The van der Waals surface area contributed by atoms with Gasteiger partial charge in [-0.25, -0.2) is 0 Å². The standard InChI is InChI=1S/C20H31N3O/c1-20(2,23-11-6-9-19(23)24)10-12-21-13-15-22(16-14-21)17-18-7-4-3-5-8-18/h3-5,7-8H,6,9-17H2,1-2H3. The molecule has 3 rings (SSSR count). The predicted octanol–water partition coefficient (Wildman–Crippen LogP) is 2.60. The number of hydrogen-bond donors (Lipinski definition) is 0. The third kappa shape index (κ3) is 4.37. The van der Waals surface area contributed by atoms with E-state index >= 15 is 0 Å². The van der Waals surface area contributed by atoms with Crippen LogP contribution in [0.3, 0.4) is 0 Å². The average Bonchev–Trinajstić information content (AvgIpc) is 3.02. The van der Waals surface area contributed by atoms with Crippen LogP contribution in [0.4, 0.5) is 0 Å². The summed E-state index contributed by atoms with van der Waals surface area (Å²) in [5.74, 6) is 0.340. The van der Waals surface area contributed by atoms with Crippen LogP contribution < -0.4 is 0 Å². The summed E-state index contributed by atoms with van der Waals surface area (Å²) >= 11 is 0. The smallest absolute Gasteiger partial charge is 0.223 e. The molecule has 0 unspecified atom stereocenters. The van der Waals surface area contributed by atoms with Crippen LogP contribution in [-0.4, -0.2) is 65.4 Å². The minimum Gasteiger partial charge on any atom is -0.338 e. The molecule has 0 aliphatic carbocycles. The fourth-order valence-corrected chi connectivity index (χ4v) is 3.87. The summed E-state index contributed by atoms with van der Waals surface area (Å²) < 4.78 is 0. The van der Waals surface area contributed by atoms with Gasteiger partial charge in [-0.3, -0.25) is 9.69 Å². The monoisotopic (exact) mass is 329 g/mol. The summed E-state index contributed by atoms with van der Waals surface area (Å²) in [6.07, 6.45) is 2.83. The maximum absolute atomic E-state index is 12.0. The van der Waals surface area contributed by atoms with Crippen molar-refractivity contribution >= 4 is 5.91 Å². The molecule has 132 valence electrons. The first-order valence-corrected chi connectivity index (χ1v) is 9.34. The van der Waals surface area contributed by atoms with Gasteiger partial charge in [0, 0.05) is 57.8 Å². The number of piperazine rings is 1. The van der Waals surface area contributed by atoms with E-state index in [1.54, 1.807) is 0 Å². The van der Waals surface area contributed by atoms with Gasteiger partial charge in [-0.05, 0) is 32.3 Å². The molecule has 24 heavy (non-hydrogen) atoms. The van der Waals surface area contributed by atoms with Crippen molar-refractivity contribution in [2.75, 3.05) is 39.3 Å². The summed E-state index contributed by atoms with van der Waals surface area (Å²) in [5, 5.41) is 0. The largest absolute Gasteiger partial charge is 0.338 e. The van der Waals surface area contributed by atoms with Crippen LogP contribution in [0.15, 0.2) is 30.3 Å². The van der Waals surface area contributed by atoms with Gasteiger partial charge in [0.25, 0.3) is 0 Å². The van der Waals surface area contributed by atoms with Gasteiger partial charge in [0.05, 0.1) is 0 Å². The van der Waals surface area contributed by atoms with Crippen LogP contribution in [0.5, 0.6) is 0 Å². The van der Waals surface area contributed by atoms with Gasteiger partial charge in [0.2, 0.25) is 5.91 Å². The molecule has 0 radical (unpaired) electrons. The molecule has 0 spiro atoms. The summed E-state index contributed by atoms with van der Waals surface area (Å²) in [4.78, 5) is 19.2. The van der Waals surface area contributed by atoms with E-state index in [1.165, 1.54) is 5.56 Å². The maximum atomic E-state index is 12.0. The van der Waals surface area contributed by atoms with E-state index in [2.05, 4.69) is 58.9 Å². The van der Waals surface area contributed by atoms with Crippen LogP contribution in [0, 0.1) is 0 Å². The van der Waals surface area contributed by atoms with Crippen molar-refractivity contribution in [1.82, 2.24) is 14.7 Å². The van der Waals surface area contributed by atoms with Crippen molar-refractivity contribution < 1.29 is 4.79 Å². The van der Waals surface area contributed by atoms with E-state index in [0.29, 0.717) is 5.91 Å². The minimum absolute atomic E-state index is 0.00520. The lowest BCUT2D eigenvalue weighted by molar-refractivity contribution is -0.132. The Morgan fingerprint density at radius 2 is 1.62 bits per heavy atom. The normalized spacial score (nSPS) is 20.8. The van der Waals surface area contributed by atoms with Crippen LogP contribution in [-0.2, 0) is 11.3 Å². The number of hydrogen-bond acceptors (Lipinski definition) is 3. The van der Waals surface area contributed by atoms with E-state index in [1.807, 2.05) is 0 Å². The summed E-state index contributed by atoms with van der Waals surface area (Å²) in [6, 6.07) is 10.7. The Kier molecular flexibility index (Phi) is 5.57. The molecule has 0 bridgehead atoms. The van der Waals surface area contributed by atoms with Gasteiger partial charge < -0.3 is 9.80 Å². The van der Waals surface area contributed by atoms with Crippen LogP contribution in [0.1, 0.15) is 38.7 Å². The maximum Gasteiger partial charge on any atom is 0.223 e. The first-order chi connectivity index (χ1) is 11.5. The lowest BCUT2D eigenvalue weighted by Gasteiger charge is -2.39. The topological polar surface area (TPSA) is 26.8 Å². The third-order valence-corrected chi connectivity index (χ3v) is 5.56. The van der Waals surface area contributed by atoms with Crippen LogP contribution in [0.25, 0.3) is 0 Å². The highest BCUT2D eigenvalue weighted by atomic mass is 16.2. The Morgan fingerprint density at radius 3 is 2.25 bits per heavy atom. The molecule has 1 amide bonds. The molecule has 0 saturated carbocycles. The van der Waals surface area contributed by atoms with Crippen LogP contribution >= 0.6 is 0 Å². The zero-order chi connectivity index (χ0) is 17.0. The van der Waals surface area contributed by atoms with Gasteiger partial charge >= 0.3 is 0 Å². The Balaban J connectivity index is 1.41. The number of likely N-dealkylation sites (tertiary alicyclic amines) is 1. The second-order valence-corrected chi connectivity index (χ2v) is 7.81. The molecule has 1 aromatic rings. The molecule has 4 nitrogen and oxygen atoms in total. The Bertz CT molecular complexity index is 535. The molecular formula is C20H31N3O. The highest BCUT2D eigenvalue weighted by molar-refractivity contribution is 5.78. The summed E-state index contributed by atoms with van der Waals surface area (Å²) in [5.41, 5.74) is 1.40. The fourth-order valence-electron chi connectivity index (χ4n) is 3.87. The molecule has 0 aromatic heterocycles. The van der Waals surface area contributed by atoms with E-state index in [0.717, 1.165) is 65.1 Å². The second kappa shape index (κ2) is 7.66. The molecule has 1 aromatic carbocycles. The van der Waals surface area contributed by atoms with Crippen molar-refractivity contribution in [3.8, 4) is 0 Å². The van der Waals surface area contributed by atoms with Crippen molar-refractivity contribution in [3.63, 3.8) is 0 Å². The second-order valence-electron chi connectivity index (χ2n) is 7.81. The number of carbonyl (C=O) groups excluding carboxylic acids is 1. The van der Waals surface area contributed by atoms with E-state index < -0.39 is 0 Å². The predicted molar refractivity (Wildman–Crippen MR) is 97.8 cm³/mol. The van der Waals surface area contributed by atoms with Gasteiger partial charge in [0.1, 0.15) is 0 Å². The zero-order valence-corrected chi connectivity index (χ0v) is 15.2. The molecule has 2 fully saturated rings. The quantitative estimate of drug-likeness (QED) is 0.803. The highest BCUT2D eigenvalue weighted by Crippen LogP contribution is 2.25. The third-order valence-electron chi connectivity index (χ3n) is 5.56. The van der Waals surface area contributed by atoms with Crippen LogP contribution in [0.2, 0.25) is 0 Å². The Labute approximate surface area is 146 Å². The number of benzene rings is 1. The number of amides is 1. The lowest BCUT2D eigenvalue weighted by Crippen LogP contribution is -2.50. The van der Waals surface area contributed by atoms with E-state index in [9.17, 15) is 4.79 Å². The van der Waals surface area contributed by atoms with Crippen molar-refractivity contribution in [1.29, 1.82) is 0 Å². The van der Waals surface area contributed by atoms with Crippen molar-refractivity contribution in [2.45, 2.75) is 45.2 Å². The molecule has 4 heteroatoms. The number of carbonyl (C=O) groups is 1. The van der Waals surface area contributed by atoms with Gasteiger partial charge in [-0.2, -0.15) is 0 Å². The van der Waals surface area contributed by atoms with Gasteiger partial charge in [0.15, 0.2) is 0 Å². The minimum atomic E-state index is -0.00520. The highest BCUT2D eigenvalue weighted by Gasteiger charge is 2.34. The Morgan fingerprint density at radius 1 is 0.958 bits per heavy atom. The molecule has 2 heterocycles. The fraction of sp³-hybridized carbons (Fsp3) is 0.650. The Hall–Kier alpha value is -1.39. The van der Waals surface area contributed by atoms with Gasteiger partial charge in [-0.1, -0.05) is 30.3 Å². The van der Waals surface area contributed by atoms with Crippen molar-refractivity contribution in [3.05, 3.63) is 35.9 Å². The first-order valence-electron chi connectivity index (χ1n) is 9.34. The first kappa shape index (κ1) is 17.4. The average molecular weight is 329 g/mol. The molecule has 2 aliphatic heterocycles. The van der Waals surface area contributed by atoms with E-state index in [4.69, 9.17) is 0 Å². The summed E-state index contributed by atoms with van der Waals surface area (Å²) in [6.45, 7) is 12.1. The van der Waals surface area contributed by atoms with Crippen molar-refractivity contribution in [2.24, 2.45) is 0 Å². The summed E-state index contributed by atoms with van der Waals surface area (Å²) in [7, 11) is 0. The SMILES string of the molecule is CC(C)(CCN1CCN(Cc2ccccc2)CC1)N1CCCC1=O. The lowest BCUT2D eigenvalue weighted by atomic mass is 9.98. The number of rotatable bonds is 6. The number of nitrogens with zero attached hydrogens (tertiary/aromatic N) is 3. The molecule has 0 atom stereocenters. The van der Waals surface area contributed by atoms with E-state index in [-0.39, 0.29) is 5.54 Å².